The third-order valence-corrected chi connectivity index (χ3v) is 4.55. The van der Waals surface area contributed by atoms with Crippen molar-refractivity contribution in [2.75, 3.05) is 13.1 Å². The topological polar surface area (TPSA) is 29.9 Å². The van der Waals surface area contributed by atoms with E-state index in [4.69, 9.17) is 0 Å². The fourth-order valence-corrected chi connectivity index (χ4v) is 3.40. The molecule has 0 aromatic carbocycles. The molecule has 4 rings (SSSR count). The molecular weight excluding hydrogens is 222 g/mol. The van der Waals surface area contributed by atoms with E-state index in [-0.39, 0.29) is 0 Å². The molecule has 1 N–H and O–H groups in total. The first-order valence-electron chi connectivity index (χ1n) is 7.57. The number of nitrogens with zero attached hydrogens (tertiary/aromatic N) is 2. The van der Waals surface area contributed by atoms with Crippen molar-refractivity contribution in [2.45, 2.75) is 52.0 Å². The summed E-state index contributed by atoms with van der Waals surface area (Å²) < 4.78 is 2.18. The summed E-state index contributed by atoms with van der Waals surface area (Å²) in [5.74, 6) is 1.68. The highest BCUT2D eigenvalue weighted by molar-refractivity contribution is 5.12. The smallest absolute Gasteiger partial charge is 0.0655 e. The summed E-state index contributed by atoms with van der Waals surface area (Å²) in [6.07, 6.45) is 7.72. The molecule has 100 valence electrons. The Morgan fingerprint density at radius 3 is 2.61 bits per heavy atom. The fraction of sp³-hybridized carbons (Fsp3) is 0.800. The molecule has 1 aliphatic heterocycles. The van der Waals surface area contributed by atoms with Crippen molar-refractivity contribution in [3.63, 3.8) is 0 Å². The number of rotatable bonds is 3. The lowest BCUT2D eigenvalue weighted by molar-refractivity contribution is -0.00865. The molecule has 1 saturated heterocycles. The van der Waals surface area contributed by atoms with E-state index < -0.39 is 0 Å². The maximum absolute atomic E-state index is 4.69. The predicted octanol–water partition coefficient (Wildman–Crippen LogP) is 2.79. The maximum atomic E-state index is 4.69. The Bertz CT molecular complexity index is 394. The minimum atomic E-state index is 0.705. The van der Waals surface area contributed by atoms with Crippen LogP contribution in [0.3, 0.4) is 0 Å². The summed E-state index contributed by atoms with van der Waals surface area (Å²) >= 11 is 0. The third-order valence-electron chi connectivity index (χ3n) is 4.55. The molecule has 0 atom stereocenters. The van der Waals surface area contributed by atoms with Gasteiger partial charge >= 0.3 is 0 Å². The largest absolute Gasteiger partial charge is 0.316 e. The summed E-state index contributed by atoms with van der Waals surface area (Å²) in [4.78, 5) is 0. The van der Waals surface area contributed by atoms with Gasteiger partial charge in [-0.3, -0.25) is 4.68 Å². The molecule has 2 aliphatic carbocycles. The van der Waals surface area contributed by atoms with Gasteiger partial charge in [0, 0.05) is 31.7 Å². The fourth-order valence-electron chi connectivity index (χ4n) is 3.40. The molecular formula is C15H25N3. The Morgan fingerprint density at radius 2 is 2.06 bits per heavy atom. The molecule has 1 spiro atoms. The van der Waals surface area contributed by atoms with Gasteiger partial charge in [-0.25, -0.2) is 0 Å². The lowest BCUT2D eigenvalue weighted by Crippen LogP contribution is -2.60. The van der Waals surface area contributed by atoms with Crippen LogP contribution in [0.5, 0.6) is 0 Å². The van der Waals surface area contributed by atoms with E-state index in [1.165, 1.54) is 44.5 Å². The van der Waals surface area contributed by atoms with Gasteiger partial charge in [-0.1, -0.05) is 13.8 Å². The number of hydrogen-bond donors (Lipinski definition) is 1. The normalized spacial score (nSPS) is 25.0. The Labute approximate surface area is 110 Å². The Hall–Kier alpha value is -0.830. The van der Waals surface area contributed by atoms with Crippen LogP contribution in [0.1, 0.15) is 51.1 Å². The molecule has 18 heavy (non-hydrogen) atoms. The minimum Gasteiger partial charge on any atom is -0.316 e. The van der Waals surface area contributed by atoms with Crippen molar-refractivity contribution < 1.29 is 0 Å². The highest BCUT2D eigenvalue weighted by atomic mass is 15.3. The van der Waals surface area contributed by atoms with Crippen LogP contribution in [-0.2, 0) is 6.54 Å². The second-order valence-electron chi connectivity index (χ2n) is 6.11. The van der Waals surface area contributed by atoms with Crippen LogP contribution in [-0.4, -0.2) is 22.9 Å². The van der Waals surface area contributed by atoms with Gasteiger partial charge in [-0.15, -0.1) is 0 Å². The van der Waals surface area contributed by atoms with E-state index in [0.717, 1.165) is 18.4 Å². The van der Waals surface area contributed by atoms with Crippen LogP contribution in [0.2, 0.25) is 0 Å². The molecule has 1 aromatic rings. The summed E-state index contributed by atoms with van der Waals surface area (Å²) in [5.41, 5.74) is 2.04. The average molecular weight is 247 g/mol. The molecule has 1 aromatic heterocycles. The molecule has 3 fully saturated rings. The van der Waals surface area contributed by atoms with E-state index in [0.29, 0.717) is 5.41 Å². The summed E-state index contributed by atoms with van der Waals surface area (Å²) in [6.45, 7) is 7.67. The van der Waals surface area contributed by atoms with Crippen LogP contribution in [0.4, 0.5) is 0 Å². The molecule has 0 bridgehead atoms. The van der Waals surface area contributed by atoms with Gasteiger partial charge in [-0.2, -0.15) is 5.10 Å². The summed E-state index contributed by atoms with van der Waals surface area (Å²) in [6, 6.07) is 2.22. The molecule has 0 radical (unpaired) electrons. The lowest BCUT2D eigenvalue weighted by atomic mass is 9.58. The zero-order chi connectivity index (χ0) is 12.6. The Morgan fingerprint density at radius 1 is 1.33 bits per heavy atom. The molecule has 3 nitrogen and oxygen atoms in total. The highest BCUT2D eigenvalue weighted by Gasteiger charge is 2.48. The van der Waals surface area contributed by atoms with Gasteiger partial charge in [0.1, 0.15) is 0 Å². The van der Waals surface area contributed by atoms with E-state index in [1.54, 1.807) is 0 Å². The van der Waals surface area contributed by atoms with Crippen molar-refractivity contribution in [1.29, 1.82) is 0 Å². The summed E-state index contributed by atoms with van der Waals surface area (Å²) in [7, 11) is 0. The van der Waals surface area contributed by atoms with E-state index >= 15 is 0 Å². The van der Waals surface area contributed by atoms with E-state index in [9.17, 15) is 0 Å². The molecule has 2 heterocycles. The molecule has 0 unspecified atom stereocenters. The second kappa shape index (κ2) is 4.69. The standard InChI is InChI=1S/C13H19N3.C2H6/c1-2-11(1)12-3-4-16(15-12)7-10-5-13(6-10)8-14-9-13;1-2/h3-4,10-11,14H,1-2,5-9H2;1-2H3. The van der Waals surface area contributed by atoms with E-state index in [2.05, 4.69) is 27.4 Å². The number of hydrogen-bond acceptors (Lipinski definition) is 2. The van der Waals surface area contributed by atoms with Crippen LogP contribution in [0.15, 0.2) is 12.3 Å². The van der Waals surface area contributed by atoms with Crippen molar-refractivity contribution in [2.24, 2.45) is 11.3 Å². The van der Waals surface area contributed by atoms with Crippen LogP contribution in [0, 0.1) is 11.3 Å². The first-order valence-corrected chi connectivity index (χ1v) is 7.57. The van der Waals surface area contributed by atoms with Crippen molar-refractivity contribution >= 4 is 0 Å². The molecule has 3 heteroatoms. The molecule has 2 saturated carbocycles. The van der Waals surface area contributed by atoms with Gasteiger partial charge in [0.05, 0.1) is 5.69 Å². The van der Waals surface area contributed by atoms with E-state index in [1.807, 2.05) is 13.8 Å². The Balaban J connectivity index is 0.000000478. The molecule has 0 amide bonds. The number of nitrogens with one attached hydrogen (secondary N) is 1. The van der Waals surface area contributed by atoms with Crippen LogP contribution in [0.25, 0.3) is 0 Å². The zero-order valence-electron chi connectivity index (χ0n) is 11.7. The van der Waals surface area contributed by atoms with Crippen LogP contribution >= 0.6 is 0 Å². The second-order valence-corrected chi connectivity index (χ2v) is 6.11. The van der Waals surface area contributed by atoms with Crippen LogP contribution < -0.4 is 5.32 Å². The summed E-state index contributed by atoms with van der Waals surface area (Å²) in [5, 5.41) is 8.08. The predicted molar refractivity (Wildman–Crippen MR) is 73.6 cm³/mol. The van der Waals surface area contributed by atoms with Gasteiger partial charge in [-0.05, 0) is 43.1 Å². The van der Waals surface area contributed by atoms with Gasteiger partial charge in [0.2, 0.25) is 0 Å². The van der Waals surface area contributed by atoms with Gasteiger partial charge < -0.3 is 5.32 Å². The lowest BCUT2D eigenvalue weighted by Gasteiger charge is -2.54. The van der Waals surface area contributed by atoms with Crippen molar-refractivity contribution in [1.82, 2.24) is 15.1 Å². The first kappa shape index (κ1) is 12.2. The third kappa shape index (κ3) is 2.20. The van der Waals surface area contributed by atoms with Gasteiger partial charge in [0.25, 0.3) is 0 Å². The average Bonchev–Trinajstić information content (AvgIpc) is 3.04. The quantitative estimate of drug-likeness (QED) is 0.890. The minimum absolute atomic E-state index is 0.705. The first-order chi connectivity index (χ1) is 8.83. The van der Waals surface area contributed by atoms with Crippen molar-refractivity contribution in [3.8, 4) is 0 Å². The van der Waals surface area contributed by atoms with Crippen molar-refractivity contribution in [3.05, 3.63) is 18.0 Å². The number of aromatic nitrogens is 2. The Kier molecular flexibility index (Phi) is 3.18. The van der Waals surface area contributed by atoms with Gasteiger partial charge in [0.15, 0.2) is 0 Å². The highest BCUT2D eigenvalue weighted by Crippen LogP contribution is 2.48. The maximum Gasteiger partial charge on any atom is 0.0655 e. The molecule has 3 aliphatic rings. The monoisotopic (exact) mass is 247 g/mol. The zero-order valence-corrected chi connectivity index (χ0v) is 11.7. The SMILES string of the molecule is CC.c1cn(CC2CC3(CNC3)C2)nc1C1CC1.